The molecule has 0 N–H and O–H groups in total. The van der Waals surface area contributed by atoms with E-state index in [0.29, 0.717) is 6.61 Å². The molecule has 0 saturated carbocycles. The second-order valence-corrected chi connectivity index (χ2v) is 6.55. The predicted molar refractivity (Wildman–Crippen MR) is 81.1 cm³/mol. The third-order valence-corrected chi connectivity index (χ3v) is 5.25. The summed E-state index contributed by atoms with van der Waals surface area (Å²) in [6, 6.07) is 20.6. The molecule has 98 valence electrons. The van der Waals surface area contributed by atoms with E-state index in [4.69, 9.17) is 16.3 Å². The lowest BCUT2D eigenvalue weighted by Crippen LogP contribution is -2.16. The van der Waals surface area contributed by atoms with E-state index in [2.05, 4.69) is 24.3 Å². The Labute approximate surface area is 119 Å². The minimum Gasteiger partial charge on any atom is -0.453 e. The van der Waals surface area contributed by atoms with Crippen LogP contribution in [0.4, 0.5) is 4.79 Å². The normalized spacial score (nSPS) is 10.4. The van der Waals surface area contributed by atoms with Crippen LogP contribution in [0.15, 0.2) is 60.7 Å². The molecule has 0 aromatic heterocycles. The zero-order chi connectivity index (χ0) is 13.5. The first-order chi connectivity index (χ1) is 9.27. The van der Waals surface area contributed by atoms with Crippen LogP contribution in [-0.4, -0.2) is 18.2 Å². The monoisotopic (exact) mass is 292 g/mol. The fourth-order valence-corrected chi connectivity index (χ4v) is 4.07. The zero-order valence-electron chi connectivity index (χ0n) is 10.3. The highest BCUT2D eigenvalue weighted by molar-refractivity contribution is 7.73. The van der Waals surface area contributed by atoms with E-state index in [0.717, 1.165) is 6.16 Å². The second-order valence-electron chi connectivity index (χ2n) is 3.91. The van der Waals surface area contributed by atoms with Crippen molar-refractivity contribution in [1.29, 1.82) is 0 Å². The van der Waals surface area contributed by atoms with Gasteiger partial charge < -0.3 is 4.74 Å². The Hall–Kier alpha value is -1.37. The SMILES string of the molecule is O=C(Cl)OCCP(c1ccccc1)c1ccccc1. The molecule has 0 atom stereocenters. The lowest BCUT2D eigenvalue weighted by molar-refractivity contribution is 0.181. The number of carbonyl (C=O) groups excluding carboxylic acids is 1. The van der Waals surface area contributed by atoms with Crippen molar-refractivity contribution >= 4 is 35.6 Å². The standard InChI is InChI=1S/C15H14ClO2P/c16-15(17)18-11-12-19(13-7-3-1-4-8-13)14-9-5-2-6-10-14/h1-10H,11-12H2. The van der Waals surface area contributed by atoms with Gasteiger partial charge in [-0.2, -0.15) is 0 Å². The maximum atomic E-state index is 10.6. The summed E-state index contributed by atoms with van der Waals surface area (Å²) in [6.07, 6.45) is 0.780. The van der Waals surface area contributed by atoms with Gasteiger partial charge in [0.25, 0.3) is 0 Å². The van der Waals surface area contributed by atoms with Gasteiger partial charge in [-0.25, -0.2) is 4.79 Å². The van der Waals surface area contributed by atoms with Crippen LogP contribution < -0.4 is 10.6 Å². The summed E-state index contributed by atoms with van der Waals surface area (Å²) in [4.78, 5) is 10.6. The Morgan fingerprint density at radius 2 is 1.42 bits per heavy atom. The third-order valence-electron chi connectivity index (χ3n) is 2.67. The molecule has 0 fully saturated rings. The molecule has 19 heavy (non-hydrogen) atoms. The molecule has 0 aliphatic heterocycles. The number of ether oxygens (including phenoxy) is 1. The summed E-state index contributed by atoms with van der Waals surface area (Å²) >= 11 is 5.20. The lowest BCUT2D eigenvalue weighted by atomic mass is 10.4. The summed E-state index contributed by atoms with van der Waals surface area (Å²) < 4.78 is 4.86. The number of halogens is 1. The van der Waals surface area contributed by atoms with E-state index >= 15 is 0 Å². The first-order valence-electron chi connectivity index (χ1n) is 5.97. The molecule has 2 aromatic carbocycles. The van der Waals surface area contributed by atoms with Crippen molar-refractivity contribution in [3.05, 3.63) is 60.7 Å². The van der Waals surface area contributed by atoms with Crippen molar-refractivity contribution in [3.63, 3.8) is 0 Å². The number of carbonyl (C=O) groups is 1. The minimum atomic E-state index is -0.740. The Kier molecular flexibility index (Phi) is 5.38. The zero-order valence-corrected chi connectivity index (χ0v) is 12.0. The number of rotatable bonds is 5. The molecule has 0 unspecified atom stereocenters. The Morgan fingerprint density at radius 3 is 1.84 bits per heavy atom. The van der Waals surface area contributed by atoms with Gasteiger partial charge in [0.15, 0.2) is 0 Å². The fourth-order valence-electron chi connectivity index (χ4n) is 1.84. The number of hydrogen-bond donors (Lipinski definition) is 0. The molecule has 0 aliphatic carbocycles. The van der Waals surface area contributed by atoms with E-state index in [1.165, 1.54) is 10.6 Å². The average Bonchev–Trinajstić information content (AvgIpc) is 2.45. The van der Waals surface area contributed by atoms with Crippen molar-refractivity contribution in [3.8, 4) is 0 Å². The topological polar surface area (TPSA) is 26.3 Å². The van der Waals surface area contributed by atoms with Crippen LogP contribution in [0.25, 0.3) is 0 Å². The van der Waals surface area contributed by atoms with Crippen LogP contribution in [0.3, 0.4) is 0 Å². The van der Waals surface area contributed by atoms with E-state index in [1.807, 2.05) is 36.4 Å². The predicted octanol–water partition coefficient (Wildman–Crippen LogP) is 3.49. The highest BCUT2D eigenvalue weighted by Crippen LogP contribution is 2.32. The van der Waals surface area contributed by atoms with Crippen molar-refractivity contribution in [1.82, 2.24) is 0 Å². The Morgan fingerprint density at radius 1 is 0.947 bits per heavy atom. The van der Waals surface area contributed by atoms with Crippen molar-refractivity contribution in [2.45, 2.75) is 0 Å². The molecule has 0 spiro atoms. The summed E-state index contributed by atoms with van der Waals surface area (Å²) in [5.74, 6) is 0. The molecule has 4 heteroatoms. The maximum absolute atomic E-state index is 10.6. The van der Waals surface area contributed by atoms with Gasteiger partial charge >= 0.3 is 5.43 Å². The van der Waals surface area contributed by atoms with Crippen LogP contribution in [0.1, 0.15) is 0 Å². The highest BCUT2D eigenvalue weighted by atomic mass is 35.5. The van der Waals surface area contributed by atoms with Gasteiger partial charge in [-0.1, -0.05) is 60.7 Å². The molecule has 2 rings (SSSR count). The lowest BCUT2D eigenvalue weighted by Gasteiger charge is -2.18. The van der Waals surface area contributed by atoms with E-state index in [1.54, 1.807) is 0 Å². The minimum absolute atomic E-state index is 0.345. The molecule has 2 nitrogen and oxygen atoms in total. The highest BCUT2D eigenvalue weighted by Gasteiger charge is 2.13. The Bertz CT molecular complexity index is 477. The van der Waals surface area contributed by atoms with Gasteiger partial charge in [-0.15, -0.1) is 0 Å². The largest absolute Gasteiger partial charge is 0.453 e. The van der Waals surface area contributed by atoms with Crippen molar-refractivity contribution in [2.24, 2.45) is 0 Å². The van der Waals surface area contributed by atoms with Crippen LogP contribution in [0.2, 0.25) is 0 Å². The van der Waals surface area contributed by atoms with Gasteiger partial charge in [-0.3, -0.25) is 0 Å². The van der Waals surface area contributed by atoms with Crippen molar-refractivity contribution in [2.75, 3.05) is 12.8 Å². The van der Waals surface area contributed by atoms with Crippen LogP contribution in [0, 0.1) is 0 Å². The van der Waals surface area contributed by atoms with Crippen LogP contribution >= 0.6 is 19.5 Å². The van der Waals surface area contributed by atoms with Crippen LogP contribution in [-0.2, 0) is 4.74 Å². The molecule has 2 aromatic rings. The van der Waals surface area contributed by atoms with E-state index in [-0.39, 0.29) is 0 Å². The van der Waals surface area contributed by atoms with Gasteiger partial charge in [-0.05, 0) is 18.5 Å². The summed E-state index contributed by atoms with van der Waals surface area (Å²) in [5.41, 5.74) is -0.740. The maximum Gasteiger partial charge on any atom is 0.403 e. The summed E-state index contributed by atoms with van der Waals surface area (Å²) in [5, 5.41) is 2.55. The van der Waals surface area contributed by atoms with E-state index in [9.17, 15) is 4.79 Å². The number of hydrogen-bond acceptors (Lipinski definition) is 2. The van der Waals surface area contributed by atoms with E-state index < -0.39 is 13.4 Å². The average molecular weight is 293 g/mol. The molecule has 0 aliphatic rings. The Balaban J connectivity index is 2.17. The summed E-state index contributed by atoms with van der Waals surface area (Å²) in [6.45, 7) is 0.345. The summed E-state index contributed by atoms with van der Waals surface area (Å²) in [7, 11) is -0.517. The molecule has 0 amide bonds. The third kappa shape index (κ3) is 4.34. The van der Waals surface area contributed by atoms with Gasteiger partial charge in [0.05, 0.1) is 6.61 Å². The smallest absolute Gasteiger partial charge is 0.403 e. The molecule has 0 bridgehead atoms. The molecule has 0 heterocycles. The molecule has 0 saturated heterocycles. The first-order valence-corrected chi connectivity index (χ1v) is 7.88. The molecular weight excluding hydrogens is 279 g/mol. The van der Waals surface area contributed by atoms with Gasteiger partial charge in [0.1, 0.15) is 0 Å². The van der Waals surface area contributed by atoms with Gasteiger partial charge in [0, 0.05) is 17.8 Å². The second kappa shape index (κ2) is 7.28. The first kappa shape index (κ1) is 14.0. The quantitative estimate of drug-likeness (QED) is 0.623. The fraction of sp³-hybridized carbons (Fsp3) is 0.133. The van der Waals surface area contributed by atoms with Crippen molar-refractivity contribution < 1.29 is 9.53 Å². The van der Waals surface area contributed by atoms with Crippen LogP contribution in [0.5, 0.6) is 0 Å². The molecular formula is C15H14ClO2P. The van der Waals surface area contributed by atoms with Gasteiger partial charge in [0.2, 0.25) is 0 Å². The molecule has 0 radical (unpaired) electrons. The number of benzene rings is 2.